The van der Waals surface area contributed by atoms with Crippen molar-refractivity contribution in [1.82, 2.24) is 10.2 Å². The molecule has 0 aromatic rings. The molecule has 1 aliphatic heterocycles. The van der Waals surface area contributed by atoms with Crippen LogP contribution in [0.4, 0.5) is 0 Å². The predicted molar refractivity (Wildman–Crippen MR) is 66.3 cm³/mol. The standard InChI is InChI=1S/C11H22N2OS/c1-11(6-4-5-7-12-11)10(14)13(2)8-9-15-3/h12H,4-9H2,1-3H3. The maximum Gasteiger partial charge on any atom is 0.242 e. The third-order valence-corrected chi connectivity index (χ3v) is 3.66. The monoisotopic (exact) mass is 230 g/mol. The second-order valence-corrected chi connectivity index (χ2v) is 5.42. The van der Waals surface area contributed by atoms with Crippen LogP contribution in [0.1, 0.15) is 26.2 Å². The van der Waals surface area contributed by atoms with Crippen LogP contribution in [0.15, 0.2) is 0 Å². The predicted octanol–water partition coefficient (Wildman–Crippen LogP) is 1.34. The first-order valence-electron chi connectivity index (χ1n) is 5.60. The van der Waals surface area contributed by atoms with Crippen molar-refractivity contribution < 1.29 is 4.79 Å². The lowest BCUT2D eigenvalue weighted by atomic mass is 9.89. The molecule has 1 N–H and O–H groups in total. The molecule has 0 aromatic heterocycles. The molecule has 1 amide bonds. The summed E-state index contributed by atoms with van der Waals surface area (Å²) in [5, 5.41) is 3.35. The first-order valence-corrected chi connectivity index (χ1v) is 6.99. The Balaban J connectivity index is 2.49. The maximum atomic E-state index is 12.2. The number of carbonyl (C=O) groups excluding carboxylic acids is 1. The third-order valence-electron chi connectivity index (χ3n) is 3.07. The van der Waals surface area contributed by atoms with Crippen molar-refractivity contribution in [3.8, 4) is 0 Å². The van der Waals surface area contributed by atoms with Crippen molar-refractivity contribution in [2.75, 3.05) is 32.1 Å². The van der Waals surface area contributed by atoms with Crippen LogP contribution in [-0.4, -0.2) is 48.5 Å². The van der Waals surface area contributed by atoms with Gasteiger partial charge in [0.25, 0.3) is 0 Å². The number of amides is 1. The number of rotatable bonds is 4. The molecule has 4 heteroatoms. The fourth-order valence-electron chi connectivity index (χ4n) is 1.99. The average Bonchev–Trinajstić information content (AvgIpc) is 2.26. The molecular formula is C11H22N2OS. The van der Waals surface area contributed by atoms with Gasteiger partial charge in [0.2, 0.25) is 5.91 Å². The second-order valence-electron chi connectivity index (χ2n) is 4.44. The molecule has 0 saturated carbocycles. The van der Waals surface area contributed by atoms with E-state index in [1.165, 1.54) is 6.42 Å². The highest BCUT2D eigenvalue weighted by molar-refractivity contribution is 7.98. The Morgan fingerprint density at radius 3 is 2.80 bits per heavy atom. The van der Waals surface area contributed by atoms with Crippen molar-refractivity contribution in [2.45, 2.75) is 31.7 Å². The molecule has 0 spiro atoms. The van der Waals surface area contributed by atoms with Gasteiger partial charge < -0.3 is 10.2 Å². The number of hydrogen-bond acceptors (Lipinski definition) is 3. The van der Waals surface area contributed by atoms with E-state index >= 15 is 0 Å². The molecule has 0 aromatic carbocycles. The molecule has 0 bridgehead atoms. The normalized spacial score (nSPS) is 26.3. The summed E-state index contributed by atoms with van der Waals surface area (Å²) in [7, 11) is 1.90. The highest BCUT2D eigenvalue weighted by Gasteiger charge is 2.35. The van der Waals surface area contributed by atoms with Crippen LogP contribution in [0.5, 0.6) is 0 Å². The average molecular weight is 230 g/mol. The molecule has 88 valence electrons. The van der Waals surface area contributed by atoms with E-state index in [0.29, 0.717) is 0 Å². The van der Waals surface area contributed by atoms with E-state index in [1.54, 1.807) is 11.8 Å². The Labute approximate surface area is 97.0 Å². The minimum Gasteiger partial charge on any atom is -0.343 e. The zero-order valence-corrected chi connectivity index (χ0v) is 10.8. The Bertz CT molecular complexity index is 215. The number of likely N-dealkylation sites (N-methyl/N-ethyl adjacent to an activating group) is 1. The van der Waals surface area contributed by atoms with Gasteiger partial charge in [-0.15, -0.1) is 0 Å². The fraction of sp³-hybridized carbons (Fsp3) is 0.909. The molecule has 0 radical (unpaired) electrons. The Kier molecular flexibility index (Phi) is 4.93. The van der Waals surface area contributed by atoms with Crippen LogP contribution in [0.25, 0.3) is 0 Å². The molecule has 3 nitrogen and oxygen atoms in total. The summed E-state index contributed by atoms with van der Waals surface area (Å²) in [4.78, 5) is 14.0. The summed E-state index contributed by atoms with van der Waals surface area (Å²) in [5.74, 6) is 1.26. The van der Waals surface area contributed by atoms with Crippen LogP contribution >= 0.6 is 11.8 Å². The fourth-order valence-corrected chi connectivity index (χ4v) is 2.45. The Morgan fingerprint density at radius 2 is 2.27 bits per heavy atom. The molecule has 1 fully saturated rings. The number of thioether (sulfide) groups is 1. The molecule has 15 heavy (non-hydrogen) atoms. The molecule has 0 aliphatic carbocycles. The highest BCUT2D eigenvalue weighted by atomic mass is 32.2. The van der Waals surface area contributed by atoms with Gasteiger partial charge in [0.1, 0.15) is 0 Å². The Hall–Kier alpha value is -0.220. The summed E-state index contributed by atoms with van der Waals surface area (Å²) in [5.41, 5.74) is -0.314. The first-order chi connectivity index (χ1) is 7.10. The third kappa shape index (κ3) is 3.38. The van der Waals surface area contributed by atoms with E-state index in [0.717, 1.165) is 31.7 Å². The van der Waals surface area contributed by atoms with E-state index in [1.807, 2.05) is 18.9 Å². The summed E-state index contributed by atoms with van der Waals surface area (Å²) < 4.78 is 0. The van der Waals surface area contributed by atoms with Gasteiger partial charge in [-0.25, -0.2) is 0 Å². The summed E-state index contributed by atoms with van der Waals surface area (Å²) in [6.45, 7) is 3.85. The molecule has 1 unspecified atom stereocenters. The quantitative estimate of drug-likeness (QED) is 0.791. The Morgan fingerprint density at radius 1 is 1.53 bits per heavy atom. The smallest absolute Gasteiger partial charge is 0.242 e. The summed E-state index contributed by atoms with van der Waals surface area (Å²) >= 11 is 1.78. The van der Waals surface area contributed by atoms with Gasteiger partial charge in [0, 0.05) is 19.3 Å². The lowest BCUT2D eigenvalue weighted by molar-refractivity contribution is -0.137. The van der Waals surface area contributed by atoms with Crippen molar-refractivity contribution in [3.05, 3.63) is 0 Å². The van der Waals surface area contributed by atoms with Gasteiger partial charge in [-0.3, -0.25) is 4.79 Å². The largest absolute Gasteiger partial charge is 0.343 e. The van der Waals surface area contributed by atoms with Gasteiger partial charge in [0.15, 0.2) is 0 Å². The van der Waals surface area contributed by atoms with Gasteiger partial charge in [0.05, 0.1) is 5.54 Å². The molecule has 1 heterocycles. The zero-order chi connectivity index (χ0) is 11.3. The summed E-state index contributed by atoms with van der Waals surface area (Å²) in [6, 6.07) is 0. The number of nitrogens with one attached hydrogen (secondary N) is 1. The van der Waals surface area contributed by atoms with Gasteiger partial charge in [-0.2, -0.15) is 11.8 Å². The molecule has 1 aliphatic rings. The van der Waals surface area contributed by atoms with Crippen molar-refractivity contribution >= 4 is 17.7 Å². The molecular weight excluding hydrogens is 208 g/mol. The summed E-state index contributed by atoms with van der Waals surface area (Å²) in [6.07, 6.45) is 5.39. The second kappa shape index (κ2) is 5.75. The van der Waals surface area contributed by atoms with Crippen LogP contribution in [-0.2, 0) is 4.79 Å². The lowest BCUT2D eigenvalue weighted by Crippen LogP contribution is -2.57. The molecule has 1 atom stereocenters. The van der Waals surface area contributed by atoms with E-state index in [-0.39, 0.29) is 11.4 Å². The SMILES string of the molecule is CSCCN(C)C(=O)C1(C)CCCCN1. The van der Waals surface area contributed by atoms with Gasteiger partial charge in [-0.1, -0.05) is 0 Å². The van der Waals surface area contributed by atoms with Crippen LogP contribution in [0, 0.1) is 0 Å². The minimum absolute atomic E-state index is 0.247. The van der Waals surface area contributed by atoms with Crippen LogP contribution in [0.3, 0.4) is 0 Å². The van der Waals surface area contributed by atoms with Gasteiger partial charge >= 0.3 is 0 Å². The number of hydrogen-bond donors (Lipinski definition) is 1. The van der Waals surface area contributed by atoms with Gasteiger partial charge in [-0.05, 0) is 39.0 Å². The minimum atomic E-state index is -0.314. The van der Waals surface area contributed by atoms with Crippen LogP contribution < -0.4 is 5.32 Å². The van der Waals surface area contributed by atoms with E-state index in [4.69, 9.17) is 0 Å². The highest BCUT2D eigenvalue weighted by Crippen LogP contribution is 2.20. The topological polar surface area (TPSA) is 32.3 Å². The lowest BCUT2D eigenvalue weighted by Gasteiger charge is -2.36. The van der Waals surface area contributed by atoms with E-state index in [9.17, 15) is 4.79 Å². The van der Waals surface area contributed by atoms with Crippen LogP contribution in [0.2, 0.25) is 0 Å². The maximum absolute atomic E-state index is 12.2. The molecule has 1 saturated heterocycles. The number of piperidine rings is 1. The van der Waals surface area contributed by atoms with Crippen molar-refractivity contribution in [3.63, 3.8) is 0 Å². The first kappa shape index (κ1) is 12.8. The van der Waals surface area contributed by atoms with Crippen molar-refractivity contribution in [1.29, 1.82) is 0 Å². The number of carbonyl (C=O) groups is 1. The zero-order valence-electron chi connectivity index (χ0n) is 10.0. The van der Waals surface area contributed by atoms with Crippen molar-refractivity contribution in [2.24, 2.45) is 0 Å². The van der Waals surface area contributed by atoms with E-state index in [2.05, 4.69) is 11.6 Å². The number of nitrogens with zero attached hydrogens (tertiary/aromatic N) is 1. The molecule has 1 rings (SSSR count). The van der Waals surface area contributed by atoms with E-state index < -0.39 is 0 Å².